The monoisotopic (exact) mass is 350 g/mol. The Balaban J connectivity index is 2.54. The Morgan fingerprint density at radius 2 is 1.92 bits per heavy atom. The molecule has 0 spiro atoms. The maximum absolute atomic E-state index is 10.5. The van der Waals surface area contributed by atoms with Crippen molar-refractivity contribution in [3.05, 3.63) is 29.8 Å². The lowest BCUT2D eigenvalue weighted by Gasteiger charge is -2.23. The van der Waals surface area contributed by atoms with Crippen molar-refractivity contribution in [2.24, 2.45) is 11.7 Å². The highest BCUT2D eigenvalue weighted by atomic mass is 16.5. The fourth-order valence-corrected chi connectivity index (χ4v) is 2.57. The Morgan fingerprint density at radius 1 is 1.20 bits per heavy atom. The Hall–Kier alpha value is -1.08. The molecule has 0 saturated heterocycles. The summed E-state index contributed by atoms with van der Waals surface area (Å²) < 4.78 is 11.1. The van der Waals surface area contributed by atoms with Crippen LogP contribution in [0.4, 0.5) is 0 Å². The number of rotatable bonds is 14. The van der Waals surface area contributed by atoms with E-state index in [1.165, 1.54) is 0 Å². The second kappa shape index (κ2) is 13.2. The second-order valence-electron chi connectivity index (χ2n) is 6.97. The van der Waals surface area contributed by atoms with Crippen molar-refractivity contribution in [3.8, 4) is 5.75 Å². The molecule has 0 aliphatic rings. The molecule has 0 saturated carbocycles. The summed E-state index contributed by atoms with van der Waals surface area (Å²) in [6.45, 7) is 8.84. The Labute approximate surface area is 153 Å². The summed E-state index contributed by atoms with van der Waals surface area (Å²) >= 11 is 0. The zero-order chi connectivity index (χ0) is 18.5. The fourth-order valence-electron chi connectivity index (χ4n) is 2.57. The molecule has 0 bridgehead atoms. The van der Waals surface area contributed by atoms with E-state index in [1.54, 1.807) is 0 Å². The van der Waals surface area contributed by atoms with E-state index in [1.807, 2.05) is 12.1 Å². The van der Waals surface area contributed by atoms with Crippen LogP contribution in [-0.2, 0) is 11.1 Å². The van der Waals surface area contributed by atoms with E-state index in [4.69, 9.17) is 15.1 Å². The minimum atomic E-state index is -0.467. The van der Waals surface area contributed by atoms with Crippen LogP contribution >= 0.6 is 0 Å². The second-order valence-corrected chi connectivity index (χ2v) is 6.97. The highest BCUT2D eigenvalue weighted by Gasteiger charge is 2.21. The molecule has 4 N–H and O–H groups in total. The van der Waals surface area contributed by atoms with Crippen molar-refractivity contribution in [1.82, 2.24) is 5.32 Å². The summed E-state index contributed by atoms with van der Waals surface area (Å²) in [5, 5.41) is 13.8. The lowest BCUT2D eigenvalue weighted by atomic mass is 9.72. The zero-order valence-electron chi connectivity index (χ0n) is 16.0. The number of aliphatic hydroxyl groups excluding tert-OH is 1. The number of hydrogen-bond donors (Lipinski definition) is 3. The van der Waals surface area contributed by atoms with Gasteiger partial charge in [0.05, 0.1) is 19.4 Å². The van der Waals surface area contributed by atoms with Gasteiger partial charge in [-0.3, -0.25) is 0 Å². The molecule has 1 rings (SSSR count). The van der Waals surface area contributed by atoms with Crippen LogP contribution in [0.3, 0.4) is 0 Å². The van der Waals surface area contributed by atoms with E-state index in [2.05, 4.69) is 38.2 Å². The smallest absolute Gasteiger partial charge is 0.282 e. The third kappa shape index (κ3) is 9.85. The quantitative estimate of drug-likeness (QED) is 0.272. The molecule has 6 heteroatoms. The van der Waals surface area contributed by atoms with Crippen LogP contribution in [0.5, 0.6) is 5.75 Å². The summed E-state index contributed by atoms with van der Waals surface area (Å²) in [6.07, 6.45) is 2.48. The molecule has 0 heterocycles. The van der Waals surface area contributed by atoms with Crippen LogP contribution in [0.15, 0.2) is 24.3 Å². The van der Waals surface area contributed by atoms with Crippen molar-refractivity contribution in [2.45, 2.75) is 52.0 Å². The molecule has 0 amide bonds. The maximum atomic E-state index is 10.5. The van der Waals surface area contributed by atoms with Gasteiger partial charge in [0.15, 0.2) is 0 Å². The van der Waals surface area contributed by atoms with Crippen LogP contribution in [0.25, 0.3) is 0 Å². The molecule has 0 aliphatic heterocycles. The predicted molar refractivity (Wildman–Crippen MR) is 105 cm³/mol. The van der Waals surface area contributed by atoms with E-state index in [-0.39, 0.29) is 12.5 Å². The highest BCUT2D eigenvalue weighted by molar-refractivity contribution is 6.29. The van der Waals surface area contributed by atoms with Crippen molar-refractivity contribution in [1.29, 1.82) is 0 Å². The highest BCUT2D eigenvalue weighted by Crippen LogP contribution is 2.20. The summed E-state index contributed by atoms with van der Waals surface area (Å²) in [6, 6.07) is 8.11. The molecule has 1 aromatic carbocycles. The van der Waals surface area contributed by atoms with Gasteiger partial charge in [-0.05, 0) is 48.8 Å². The number of benzene rings is 1. The topological polar surface area (TPSA) is 76.7 Å². The third-order valence-corrected chi connectivity index (χ3v) is 4.09. The third-order valence-electron chi connectivity index (χ3n) is 4.09. The first-order valence-electron chi connectivity index (χ1n) is 9.45. The number of nitrogens with two attached hydrogens (primary N) is 1. The number of ether oxygens (including phenoxy) is 1. The molecule has 142 valence electrons. The largest absolute Gasteiger partial charge is 0.494 e. The minimum Gasteiger partial charge on any atom is -0.494 e. The van der Waals surface area contributed by atoms with E-state index < -0.39 is 6.10 Å². The number of aliphatic hydroxyl groups is 1. The Morgan fingerprint density at radius 3 is 2.52 bits per heavy atom. The predicted octanol–water partition coefficient (Wildman–Crippen LogP) is 2.09. The van der Waals surface area contributed by atoms with Gasteiger partial charge in [-0.25, -0.2) is 0 Å². The van der Waals surface area contributed by atoms with Gasteiger partial charge < -0.3 is 25.5 Å². The first-order valence-corrected chi connectivity index (χ1v) is 9.45. The van der Waals surface area contributed by atoms with Gasteiger partial charge >= 0.3 is 0 Å². The molecule has 25 heavy (non-hydrogen) atoms. The molecular weight excluding hydrogens is 315 g/mol. The molecule has 0 aliphatic carbocycles. The van der Waals surface area contributed by atoms with E-state index in [9.17, 15) is 5.11 Å². The fraction of sp³-hybridized carbons (Fsp3) is 0.684. The van der Waals surface area contributed by atoms with Gasteiger partial charge in [0, 0.05) is 6.54 Å². The van der Waals surface area contributed by atoms with Gasteiger partial charge in [0.2, 0.25) is 0 Å². The minimum absolute atomic E-state index is 0.00933. The van der Waals surface area contributed by atoms with Gasteiger partial charge in [-0.2, -0.15) is 0 Å². The van der Waals surface area contributed by atoms with E-state index in [0.29, 0.717) is 19.9 Å². The molecule has 0 aromatic heterocycles. The summed E-state index contributed by atoms with van der Waals surface area (Å²) in [5.41, 5.74) is 6.62. The lowest BCUT2D eigenvalue weighted by Crippen LogP contribution is -2.36. The Bertz CT molecular complexity index is 443. The van der Waals surface area contributed by atoms with E-state index in [0.717, 1.165) is 43.7 Å². The summed E-state index contributed by atoms with van der Waals surface area (Å²) in [5.74, 6) is 1.47. The standard InChI is InChI=1S/C19H35BN2O3/c1-4-5-10-24-17-8-6-16(7-9-17)11-18(20-25-14-21)19(23)13-22-12-15(2)3/h6-9,15,18-20,22-23H,4-5,10-14,21H2,1-3H3/t18-,19?/m0/s1. The van der Waals surface area contributed by atoms with Crippen LogP contribution in [0.2, 0.25) is 5.82 Å². The van der Waals surface area contributed by atoms with Gasteiger partial charge in [-0.1, -0.05) is 39.3 Å². The van der Waals surface area contributed by atoms with Gasteiger partial charge in [0.1, 0.15) is 5.75 Å². The van der Waals surface area contributed by atoms with Crippen LogP contribution in [0.1, 0.15) is 39.2 Å². The first-order chi connectivity index (χ1) is 12.1. The first kappa shape index (κ1) is 22.0. The van der Waals surface area contributed by atoms with Gasteiger partial charge in [-0.15, -0.1) is 0 Å². The molecule has 0 radical (unpaired) electrons. The summed E-state index contributed by atoms with van der Waals surface area (Å²) in [7, 11) is 0.454. The molecule has 5 nitrogen and oxygen atoms in total. The van der Waals surface area contributed by atoms with Crippen molar-refractivity contribution < 1.29 is 14.5 Å². The van der Waals surface area contributed by atoms with Crippen LogP contribution < -0.4 is 15.8 Å². The average molecular weight is 350 g/mol. The molecule has 0 fully saturated rings. The molecule has 1 aromatic rings. The summed E-state index contributed by atoms with van der Waals surface area (Å²) in [4.78, 5) is 0. The SMILES string of the molecule is CCCCOc1ccc(C[C@H](BOCN)C(O)CNCC(C)C)cc1. The van der Waals surface area contributed by atoms with Gasteiger partial charge in [0.25, 0.3) is 7.48 Å². The average Bonchev–Trinajstić information content (AvgIpc) is 2.59. The maximum Gasteiger partial charge on any atom is 0.282 e. The normalized spacial score (nSPS) is 13.7. The molecule has 2 atom stereocenters. The zero-order valence-corrected chi connectivity index (χ0v) is 16.0. The molecular formula is C19H35BN2O3. The van der Waals surface area contributed by atoms with Crippen LogP contribution in [-0.4, -0.2) is 45.1 Å². The Kier molecular flexibility index (Phi) is 11.6. The van der Waals surface area contributed by atoms with E-state index >= 15 is 0 Å². The number of nitrogens with one attached hydrogen (secondary N) is 1. The number of unbranched alkanes of at least 4 members (excludes halogenated alkanes) is 1. The van der Waals surface area contributed by atoms with Crippen LogP contribution in [0, 0.1) is 5.92 Å². The van der Waals surface area contributed by atoms with Crippen molar-refractivity contribution in [3.63, 3.8) is 0 Å². The molecule has 1 unspecified atom stereocenters. The lowest BCUT2D eigenvalue weighted by molar-refractivity contribution is 0.153. The number of hydrogen-bond acceptors (Lipinski definition) is 5. The van der Waals surface area contributed by atoms with Crippen molar-refractivity contribution >= 4 is 7.48 Å². The van der Waals surface area contributed by atoms with Crippen molar-refractivity contribution in [2.75, 3.05) is 26.4 Å².